The number of fused-ring (bicyclic) bond motifs is 1. The number of aromatic nitrogens is 2. The summed E-state index contributed by atoms with van der Waals surface area (Å²) in [5, 5.41) is 8.22. The lowest BCUT2D eigenvalue weighted by atomic mass is 9.91. The largest absolute Gasteiger partial charge is 0.493 e. The van der Waals surface area contributed by atoms with E-state index in [2.05, 4.69) is 20.0 Å². The molecule has 5 nitrogen and oxygen atoms in total. The lowest BCUT2D eigenvalue weighted by Gasteiger charge is -2.46. The zero-order chi connectivity index (χ0) is 17.1. The number of hydrogen-bond donors (Lipinski definition) is 0. The summed E-state index contributed by atoms with van der Waals surface area (Å²) in [6.45, 7) is 4.82. The smallest absolute Gasteiger partial charge is 0.151 e. The third-order valence-electron chi connectivity index (χ3n) is 5.19. The first-order chi connectivity index (χ1) is 12.3. The van der Waals surface area contributed by atoms with Crippen molar-refractivity contribution in [3.63, 3.8) is 0 Å². The highest BCUT2D eigenvalue weighted by atomic mass is 19.1. The second-order valence-electron chi connectivity index (χ2n) is 6.88. The molecule has 4 rings (SSSR count). The number of rotatable bonds is 4. The molecule has 2 aliphatic rings. The first kappa shape index (κ1) is 16.3. The van der Waals surface area contributed by atoms with Crippen molar-refractivity contribution in [2.75, 3.05) is 37.7 Å². The van der Waals surface area contributed by atoms with Crippen LogP contribution in [0.25, 0.3) is 0 Å². The average Bonchev–Trinajstić information content (AvgIpc) is 2.68. The van der Waals surface area contributed by atoms with Crippen LogP contribution in [0.15, 0.2) is 42.6 Å². The van der Waals surface area contributed by atoms with Gasteiger partial charge in [0, 0.05) is 44.3 Å². The first-order valence-corrected chi connectivity index (χ1v) is 8.93. The molecule has 0 spiro atoms. The number of piperidine rings is 1. The maximum atomic E-state index is 12.9. The van der Waals surface area contributed by atoms with Crippen molar-refractivity contribution >= 4 is 5.82 Å². The number of benzene rings is 1. The Bertz CT molecular complexity index is 682. The molecule has 0 N–H and O–H groups in total. The molecule has 0 bridgehead atoms. The molecule has 2 atom stereocenters. The van der Waals surface area contributed by atoms with Crippen LogP contribution in [0.3, 0.4) is 0 Å². The fraction of sp³-hybridized carbons (Fsp3) is 0.474. The first-order valence-electron chi connectivity index (χ1n) is 8.93. The van der Waals surface area contributed by atoms with Gasteiger partial charge in [0.1, 0.15) is 11.6 Å². The van der Waals surface area contributed by atoms with E-state index >= 15 is 0 Å². The summed E-state index contributed by atoms with van der Waals surface area (Å²) >= 11 is 0. The molecule has 2 saturated heterocycles. The fourth-order valence-corrected chi connectivity index (χ4v) is 3.81. The minimum atomic E-state index is -0.228. The topological polar surface area (TPSA) is 41.5 Å². The quantitative estimate of drug-likeness (QED) is 0.854. The highest BCUT2D eigenvalue weighted by Gasteiger charge is 2.33. The van der Waals surface area contributed by atoms with E-state index in [4.69, 9.17) is 4.74 Å². The van der Waals surface area contributed by atoms with E-state index in [1.54, 1.807) is 18.3 Å². The Kier molecular flexibility index (Phi) is 4.78. The van der Waals surface area contributed by atoms with Crippen LogP contribution in [0, 0.1) is 11.7 Å². The molecule has 25 heavy (non-hydrogen) atoms. The van der Waals surface area contributed by atoms with Crippen LogP contribution >= 0.6 is 0 Å². The van der Waals surface area contributed by atoms with Gasteiger partial charge in [0.25, 0.3) is 0 Å². The van der Waals surface area contributed by atoms with Crippen molar-refractivity contribution < 1.29 is 9.13 Å². The van der Waals surface area contributed by atoms with Gasteiger partial charge in [-0.1, -0.05) is 0 Å². The molecular formula is C19H23FN4O. The van der Waals surface area contributed by atoms with Crippen molar-refractivity contribution in [2.45, 2.75) is 18.9 Å². The monoisotopic (exact) mass is 342 g/mol. The number of ether oxygens (including phenoxy) is 1. The van der Waals surface area contributed by atoms with Gasteiger partial charge in [0.15, 0.2) is 5.82 Å². The average molecular weight is 342 g/mol. The number of anilines is 1. The number of nitrogens with zero attached hydrogens (tertiary/aromatic N) is 4. The molecule has 0 unspecified atom stereocenters. The lowest BCUT2D eigenvalue weighted by Crippen LogP contribution is -2.57. The van der Waals surface area contributed by atoms with Crippen molar-refractivity contribution in [1.82, 2.24) is 15.1 Å². The summed E-state index contributed by atoms with van der Waals surface area (Å²) in [6.07, 6.45) is 4.05. The van der Waals surface area contributed by atoms with Crippen LogP contribution in [0.5, 0.6) is 5.75 Å². The van der Waals surface area contributed by atoms with E-state index in [0.717, 1.165) is 44.2 Å². The van der Waals surface area contributed by atoms with Crippen LogP contribution in [-0.4, -0.2) is 53.9 Å². The van der Waals surface area contributed by atoms with Gasteiger partial charge in [-0.15, -0.1) is 5.10 Å². The van der Waals surface area contributed by atoms with Crippen LogP contribution in [-0.2, 0) is 0 Å². The number of hydrogen-bond acceptors (Lipinski definition) is 5. The summed E-state index contributed by atoms with van der Waals surface area (Å²) in [7, 11) is 0. The lowest BCUT2D eigenvalue weighted by molar-refractivity contribution is 0.0727. The Labute approximate surface area is 147 Å². The number of piperazine rings is 1. The molecule has 0 amide bonds. The summed E-state index contributed by atoms with van der Waals surface area (Å²) in [5.74, 6) is 2.03. The Balaban J connectivity index is 1.29. The van der Waals surface area contributed by atoms with E-state index < -0.39 is 0 Å². The van der Waals surface area contributed by atoms with Crippen LogP contribution in [0.1, 0.15) is 12.8 Å². The minimum absolute atomic E-state index is 0.228. The Morgan fingerprint density at radius 2 is 1.96 bits per heavy atom. The Morgan fingerprint density at radius 3 is 2.76 bits per heavy atom. The van der Waals surface area contributed by atoms with Gasteiger partial charge >= 0.3 is 0 Å². The van der Waals surface area contributed by atoms with Crippen LogP contribution in [0.4, 0.5) is 10.2 Å². The predicted octanol–water partition coefficient (Wildman–Crippen LogP) is 2.60. The maximum Gasteiger partial charge on any atom is 0.151 e. The van der Waals surface area contributed by atoms with Crippen LogP contribution in [0.2, 0.25) is 0 Å². The van der Waals surface area contributed by atoms with Crippen molar-refractivity contribution in [1.29, 1.82) is 0 Å². The second-order valence-corrected chi connectivity index (χ2v) is 6.88. The van der Waals surface area contributed by atoms with E-state index in [-0.39, 0.29) is 5.82 Å². The van der Waals surface area contributed by atoms with Crippen LogP contribution < -0.4 is 9.64 Å². The van der Waals surface area contributed by atoms with Gasteiger partial charge in [0.2, 0.25) is 0 Å². The molecule has 2 aromatic rings. The molecule has 1 aromatic carbocycles. The third kappa shape index (κ3) is 3.90. The molecule has 0 radical (unpaired) electrons. The normalized spacial score (nSPS) is 24.0. The molecule has 6 heteroatoms. The molecule has 3 heterocycles. The zero-order valence-electron chi connectivity index (χ0n) is 14.2. The van der Waals surface area contributed by atoms with Gasteiger partial charge in [-0.05, 0) is 49.2 Å². The summed E-state index contributed by atoms with van der Waals surface area (Å²) in [4.78, 5) is 4.92. The zero-order valence-corrected chi connectivity index (χ0v) is 14.2. The van der Waals surface area contributed by atoms with Gasteiger partial charge in [0.05, 0.1) is 6.61 Å². The van der Waals surface area contributed by atoms with Crippen molar-refractivity contribution in [3.8, 4) is 5.75 Å². The molecule has 0 saturated carbocycles. The van der Waals surface area contributed by atoms with E-state index in [9.17, 15) is 4.39 Å². The van der Waals surface area contributed by atoms with Crippen molar-refractivity contribution in [3.05, 3.63) is 48.4 Å². The predicted molar refractivity (Wildman–Crippen MR) is 94.2 cm³/mol. The molecule has 2 aliphatic heterocycles. The second kappa shape index (κ2) is 7.35. The molecule has 1 aromatic heterocycles. The fourth-order valence-electron chi connectivity index (χ4n) is 3.81. The highest BCUT2D eigenvalue weighted by Crippen LogP contribution is 2.27. The third-order valence-corrected chi connectivity index (χ3v) is 5.19. The van der Waals surface area contributed by atoms with E-state index in [1.807, 2.05) is 12.1 Å². The highest BCUT2D eigenvalue weighted by molar-refractivity contribution is 5.37. The van der Waals surface area contributed by atoms with Gasteiger partial charge < -0.3 is 9.64 Å². The van der Waals surface area contributed by atoms with Gasteiger partial charge in [-0.25, -0.2) is 4.39 Å². The van der Waals surface area contributed by atoms with E-state index in [0.29, 0.717) is 18.6 Å². The molecular weight excluding hydrogens is 319 g/mol. The molecule has 132 valence electrons. The standard InChI is InChI=1S/C19H23FN4O/c20-16-4-7-18(8-5-16)25-14-15-3-6-17-13-24(11-10-23(17)12-15)19-2-1-9-21-22-19/h1-2,4-5,7-9,15,17H,3,6,10-14H2/t15-,17+/m1/s1. The SMILES string of the molecule is Fc1ccc(OC[C@@H]2CC[C@H]3CN(c4cccnn4)CCN3C2)cc1. The van der Waals surface area contributed by atoms with E-state index in [1.165, 1.54) is 18.6 Å². The van der Waals surface area contributed by atoms with Crippen molar-refractivity contribution in [2.24, 2.45) is 5.92 Å². The Hall–Kier alpha value is -2.21. The van der Waals surface area contributed by atoms with Gasteiger partial charge in [-0.2, -0.15) is 5.10 Å². The summed E-state index contributed by atoms with van der Waals surface area (Å²) in [5.41, 5.74) is 0. The minimum Gasteiger partial charge on any atom is -0.493 e. The number of halogens is 1. The molecule has 2 fully saturated rings. The van der Waals surface area contributed by atoms with Gasteiger partial charge in [-0.3, -0.25) is 4.90 Å². The molecule has 0 aliphatic carbocycles. The summed E-state index contributed by atoms with van der Waals surface area (Å²) < 4.78 is 18.8. The maximum absolute atomic E-state index is 12.9. The Morgan fingerprint density at radius 1 is 1.08 bits per heavy atom. The summed E-state index contributed by atoms with van der Waals surface area (Å²) in [6, 6.07) is 10.8.